The highest BCUT2D eigenvalue weighted by Gasteiger charge is 2.08. The fraction of sp³-hybridized carbons (Fsp3) is 0.286. The topological polar surface area (TPSA) is 67.1 Å². The second-order valence-electron chi connectivity index (χ2n) is 4.73. The molecule has 1 aromatic heterocycles. The molecule has 0 saturated heterocycles. The second kappa shape index (κ2) is 6.54. The SMILES string of the molecule is CN(C)CCNc1nc(N)ncc1-c1cccc(Cl)c1. The summed E-state index contributed by atoms with van der Waals surface area (Å²) < 4.78 is 0. The molecule has 0 aliphatic heterocycles. The Hall–Kier alpha value is -1.85. The van der Waals surface area contributed by atoms with Crippen molar-refractivity contribution in [1.29, 1.82) is 0 Å². The Morgan fingerprint density at radius 2 is 2.15 bits per heavy atom. The molecule has 6 heteroatoms. The molecule has 0 bridgehead atoms. The number of rotatable bonds is 5. The zero-order valence-electron chi connectivity index (χ0n) is 11.6. The van der Waals surface area contributed by atoms with Crippen LogP contribution in [0.3, 0.4) is 0 Å². The van der Waals surface area contributed by atoms with Crippen molar-refractivity contribution in [3.63, 3.8) is 0 Å². The summed E-state index contributed by atoms with van der Waals surface area (Å²) in [5, 5.41) is 3.97. The van der Waals surface area contributed by atoms with E-state index in [0.29, 0.717) is 5.02 Å². The first-order valence-electron chi connectivity index (χ1n) is 6.33. The molecule has 106 valence electrons. The van der Waals surface area contributed by atoms with Crippen LogP contribution in [0.1, 0.15) is 0 Å². The van der Waals surface area contributed by atoms with Crippen molar-refractivity contribution in [2.75, 3.05) is 38.2 Å². The number of nitrogens with one attached hydrogen (secondary N) is 1. The molecule has 0 spiro atoms. The van der Waals surface area contributed by atoms with Crippen molar-refractivity contribution < 1.29 is 0 Å². The van der Waals surface area contributed by atoms with Gasteiger partial charge < -0.3 is 16.0 Å². The molecule has 0 amide bonds. The first-order valence-corrected chi connectivity index (χ1v) is 6.71. The monoisotopic (exact) mass is 291 g/mol. The number of anilines is 2. The number of hydrogen-bond donors (Lipinski definition) is 2. The average molecular weight is 292 g/mol. The maximum atomic E-state index is 6.03. The molecule has 1 aromatic carbocycles. The molecule has 1 heterocycles. The van der Waals surface area contributed by atoms with E-state index in [1.165, 1.54) is 0 Å². The van der Waals surface area contributed by atoms with Gasteiger partial charge >= 0.3 is 0 Å². The number of likely N-dealkylation sites (N-methyl/N-ethyl adjacent to an activating group) is 1. The highest BCUT2D eigenvalue weighted by molar-refractivity contribution is 6.30. The molecule has 0 saturated carbocycles. The van der Waals surface area contributed by atoms with E-state index in [1.807, 2.05) is 38.4 Å². The lowest BCUT2D eigenvalue weighted by Crippen LogP contribution is -2.21. The second-order valence-corrected chi connectivity index (χ2v) is 5.17. The van der Waals surface area contributed by atoms with Crippen molar-refractivity contribution in [2.24, 2.45) is 0 Å². The van der Waals surface area contributed by atoms with Crippen LogP contribution in [-0.2, 0) is 0 Å². The zero-order chi connectivity index (χ0) is 14.5. The smallest absolute Gasteiger partial charge is 0.221 e. The fourth-order valence-electron chi connectivity index (χ4n) is 1.80. The molecule has 20 heavy (non-hydrogen) atoms. The van der Waals surface area contributed by atoms with E-state index in [2.05, 4.69) is 20.2 Å². The number of halogens is 1. The molecule has 0 atom stereocenters. The van der Waals surface area contributed by atoms with Gasteiger partial charge in [-0.05, 0) is 31.8 Å². The van der Waals surface area contributed by atoms with Crippen LogP contribution in [0.15, 0.2) is 30.5 Å². The maximum absolute atomic E-state index is 6.03. The Kier molecular flexibility index (Phi) is 4.76. The van der Waals surface area contributed by atoms with E-state index >= 15 is 0 Å². The van der Waals surface area contributed by atoms with Gasteiger partial charge in [0.2, 0.25) is 5.95 Å². The fourth-order valence-corrected chi connectivity index (χ4v) is 1.99. The van der Waals surface area contributed by atoms with Crippen molar-refractivity contribution >= 4 is 23.4 Å². The normalized spacial score (nSPS) is 10.8. The highest BCUT2D eigenvalue weighted by atomic mass is 35.5. The number of nitrogen functional groups attached to an aromatic ring is 1. The summed E-state index contributed by atoms with van der Waals surface area (Å²) in [6.45, 7) is 1.68. The van der Waals surface area contributed by atoms with Gasteiger partial charge in [0, 0.05) is 29.9 Å². The number of hydrogen-bond acceptors (Lipinski definition) is 5. The third-order valence-corrected chi connectivity index (χ3v) is 3.03. The molecule has 0 unspecified atom stereocenters. The summed E-state index contributed by atoms with van der Waals surface area (Å²) in [5.41, 5.74) is 7.52. The summed E-state index contributed by atoms with van der Waals surface area (Å²) in [5.74, 6) is 0.977. The van der Waals surface area contributed by atoms with Crippen LogP contribution in [0, 0.1) is 0 Å². The lowest BCUT2D eigenvalue weighted by Gasteiger charge is -2.14. The Balaban J connectivity index is 2.28. The van der Waals surface area contributed by atoms with E-state index in [1.54, 1.807) is 6.20 Å². The molecule has 5 nitrogen and oxygen atoms in total. The number of nitrogens with zero attached hydrogens (tertiary/aromatic N) is 3. The van der Waals surface area contributed by atoms with Crippen LogP contribution in [0.2, 0.25) is 5.02 Å². The van der Waals surface area contributed by atoms with Gasteiger partial charge in [-0.25, -0.2) is 4.98 Å². The zero-order valence-corrected chi connectivity index (χ0v) is 12.4. The maximum Gasteiger partial charge on any atom is 0.221 e. The summed E-state index contributed by atoms with van der Waals surface area (Å²) in [4.78, 5) is 10.4. The van der Waals surface area contributed by atoms with Gasteiger partial charge in [0.1, 0.15) is 5.82 Å². The summed E-state index contributed by atoms with van der Waals surface area (Å²) >= 11 is 6.03. The molecular formula is C14H18ClN5. The molecule has 0 aliphatic carbocycles. The first kappa shape index (κ1) is 14.6. The lowest BCUT2D eigenvalue weighted by molar-refractivity contribution is 0.425. The molecule has 3 N–H and O–H groups in total. The Morgan fingerprint density at radius 1 is 1.35 bits per heavy atom. The van der Waals surface area contributed by atoms with E-state index < -0.39 is 0 Å². The highest BCUT2D eigenvalue weighted by Crippen LogP contribution is 2.28. The van der Waals surface area contributed by atoms with Crippen LogP contribution in [0.25, 0.3) is 11.1 Å². The van der Waals surface area contributed by atoms with Crippen LogP contribution in [0.5, 0.6) is 0 Å². The van der Waals surface area contributed by atoms with E-state index in [0.717, 1.165) is 30.0 Å². The van der Waals surface area contributed by atoms with Crippen LogP contribution >= 0.6 is 11.6 Å². The van der Waals surface area contributed by atoms with Crippen molar-refractivity contribution in [2.45, 2.75) is 0 Å². The summed E-state index contributed by atoms with van der Waals surface area (Å²) in [6.07, 6.45) is 1.71. The molecule has 0 radical (unpaired) electrons. The summed E-state index contributed by atoms with van der Waals surface area (Å²) in [7, 11) is 4.04. The minimum Gasteiger partial charge on any atom is -0.368 e. The van der Waals surface area contributed by atoms with Crippen molar-refractivity contribution in [3.05, 3.63) is 35.5 Å². The number of nitrogens with two attached hydrogens (primary N) is 1. The number of aromatic nitrogens is 2. The van der Waals surface area contributed by atoms with Gasteiger partial charge in [-0.15, -0.1) is 0 Å². The van der Waals surface area contributed by atoms with Gasteiger partial charge in [0.05, 0.1) is 0 Å². The predicted octanol–water partition coefficient (Wildman–Crippen LogP) is 2.35. The third-order valence-electron chi connectivity index (χ3n) is 2.79. The van der Waals surface area contributed by atoms with Gasteiger partial charge in [-0.2, -0.15) is 4.98 Å². The molecule has 2 rings (SSSR count). The van der Waals surface area contributed by atoms with Crippen molar-refractivity contribution in [1.82, 2.24) is 14.9 Å². The Bertz CT molecular complexity index is 586. The average Bonchev–Trinajstić information content (AvgIpc) is 2.38. The Labute approximate surface area is 123 Å². The molecule has 0 aliphatic rings. The van der Waals surface area contributed by atoms with Gasteiger partial charge in [0.15, 0.2) is 0 Å². The standard InChI is InChI=1S/C14H18ClN5/c1-20(2)7-6-17-13-12(9-18-14(16)19-13)10-4-3-5-11(15)8-10/h3-5,8-9H,6-7H2,1-2H3,(H3,16,17,18,19). The first-order chi connectivity index (χ1) is 9.56. The van der Waals surface area contributed by atoms with Crippen LogP contribution < -0.4 is 11.1 Å². The van der Waals surface area contributed by atoms with E-state index in [-0.39, 0.29) is 5.95 Å². The predicted molar refractivity (Wildman–Crippen MR) is 83.9 cm³/mol. The van der Waals surface area contributed by atoms with Gasteiger partial charge in [-0.3, -0.25) is 0 Å². The third kappa shape index (κ3) is 3.82. The summed E-state index contributed by atoms with van der Waals surface area (Å²) in [6, 6.07) is 7.59. The van der Waals surface area contributed by atoms with Crippen LogP contribution in [-0.4, -0.2) is 42.1 Å². The minimum atomic E-state index is 0.253. The van der Waals surface area contributed by atoms with Gasteiger partial charge in [-0.1, -0.05) is 23.7 Å². The molecule has 2 aromatic rings. The number of benzene rings is 1. The van der Waals surface area contributed by atoms with E-state index in [4.69, 9.17) is 17.3 Å². The molecular weight excluding hydrogens is 274 g/mol. The van der Waals surface area contributed by atoms with Crippen molar-refractivity contribution in [3.8, 4) is 11.1 Å². The van der Waals surface area contributed by atoms with E-state index in [9.17, 15) is 0 Å². The van der Waals surface area contributed by atoms with Gasteiger partial charge in [0.25, 0.3) is 0 Å². The quantitative estimate of drug-likeness (QED) is 0.885. The largest absolute Gasteiger partial charge is 0.368 e. The van der Waals surface area contributed by atoms with Crippen LogP contribution in [0.4, 0.5) is 11.8 Å². The lowest BCUT2D eigenvalue weighted by atomic mass is 10.1. The molecule has 0 fully saturated rings. The minimum absolute atomic E-state index is 0.253. The Morgan fingerprint density at radius 3 is 2.85 bits per heavy atom.